The molecule has 0 bridgehead atoms. The highest BCUT2D eigenvalue weighted by atomic mass is 32.1. The lowest BCUT2D eigenvalue weighted by Crippen LogP contribution is -1.87. The van der Waals surface area contributed by atoms with Gasteiger partial charge in [-0.15, -0.1) is 11.3 Å². The van der Waals surface area contributed by atoms with Crippen LogP contribution < -0.4 is 11.5 Å². The van der Waals surface area contributed by atoms with Gasteiger partial charge in [-0.1, -0.05) is 0 Å². The van der Waals surface area contributed by atoms with Gasteiger partial charge in [0.25, 0.3) is 0 Å². The van der Waals surface area contributed by atoms with E-state index in [1.807, 2.05) is 6.92 Å². The van der Waals surface area contributed by atoms with Crippen molar-refractivity contribution in [2.45, 2.75) is 6.92 Å². The number of aryl methyl sites for hydroxylation is 1. The summed E-state index contributed by atoms with van der Waals surface area (Å²) in [7, 11) is 0. The zero-order chi connectivity index (χ0) is 6.15. The molecule has 0 aromatic carbocycles. The van der Waals surface area contributed by atoms with Crippen molar-refractivity contribution >= 4 is 22.3 Å². The minimum Gasteiger partial charge on any atom is -0.383 e. The van der Waals surface area contributed by atoms with E-state index in [4.69, 9.17) is 11.5 Å². The summed E-state index contributed by atoms with van der Waals surface area (Å²) in [5.41, 5.74) is 10.7. The normalized spacial score (nSPS) is 9.62. The predicted molar refractivity (Wildman–Crippen MR) is 35.7 cm³/mol. The van der Waals surface area contributed by atoms with Crippen LogP contribution >= 0.6 is 11.3 Å². The predicted octanol–water partition coefficient (Wildman–Crippen LogP) is 0.616. The number of nitrogens with two attached hydrogens (primary N) is 2. The van der Waals surface area contributed by atoms with E-state index >= 15 is 0 Å². The molecule has 0 aliphatic heterocycles. The second-order valence-corrected chi connectivity index (χ2v) is 2.73. The molecule has 3 nitrogen and oxygen atoms in total. The van der Waals surface area contributed by atoms with Crippen LogP contribution in [-0.2, 0) is 0 Å². The van der Waals surface area contributed by atoms with E-state index in [1.165, 1.54) is 11.3 Å². The Labute approximate surface area is 51.3 Å². The largest absolute Gasteiger partial charge is 0.383 e. The van der Waals surface area contributed by atoms with Crippen LogP contribution in [0.5, 0.6) is 0 Å². The molecule has 0 saturated carbocycles. The molecule has 4 heteroatoms. The van der Waals surface area contributed by atoms with Crippen LogP contribution in [0.3, 0.4) is 0 Å². The van der Waals surface area contributed by atoms with E-state index in [9.17, 15) is 0 Å². The molecule has 0 amide bonds. The van der Waals surface area contributed by atoms with Crippen LogP contribution in [0.15, 0.2) is 0 Å². The fourth-order valence-electron chi connectivity index (χ4n) is 0.429. The Morgan fingerprint density at radius 1 is 1.50 bits per heavy atom. The number of aromatic nitrogens is 1. The second-order valence-electron chi connectivity index (χ2n) is 1.49. The van der Waals surface area contributed by atoms with E-state index in [0.717, 1.165) is 4.88 Å². The highest BCUT2D eigenvalue weighted by Gasteiger charge is 1.97. The molecule has 1 rings (SSSR count). The van der Waals surface area contributed by atoms with Gasteiger partial charge in [-0.2, -0.15) is 0 Å². The van der Waals surface area contributed by atoms with Gasteiger partial charge in [0.2, 0.25) is 0 Å². The molecule has 8 heavy (non-hydrogen) atoms. The average Bonchev–Trinajstić information content (AvgIpc) is 1.85. The third-order valence-corrected chi connectivity index (χ3v) is 1.66. The standard InChI is InChI=1S/C4H7N3S/c1-2-3(5)7-4(6)8-2/h5H2,1H3,(H2,6,7). The highest BCUT2D eigenvalue weighted by Crippen LogP contribution is 2.19. The molecule has 44 valence electrons. The van der Waals surface area contributed by atoms with Crippen LogP contribution in [0, 0.1) is 6.92 Å². The molecular weight excluding hydrogens is 122 g/mol. The Hall–Kier alpha value is -0.770. The van der Waals surface area contributed by atoms with Crippen molar-refractivity contribution in [2.24, 2.45) is 0 Å². The summed E-state index contributed by atoms with van der Waals surface area (Å²) < 4.78 is 0. The average molecular weight is 129 g/mol. The molecule has 0 aliphatic rings. The van der Waals surface area contributed by atoms with Gasteiger partial charge in [0.1, 0.15) is 5.82 Å². The number of rotatable bonds is 0. The lowest BCUT2D eigenvalue weighted by Gasteiger charge is -1.78. The maximum absolute atomic E-state index is 5.36. The maximum Gasteiger partial charge on any atom is 0.182 e. The van der Waals surface area contributed by atoms with Crippen LogP contribution in [-0.4, -0.2) is 4.98 Å². The Morgan fingerprint density at radius 2 is 2.12 bits per heavy atom. The molecular formula is C4H7N3S. The summed E-state index contributed by atoms with van der Waals surface area (Å²) in [5.74, 6) is 0.549. The Bertz CT molecular complexity index is 174. The lowest BCUT2D eigenvalue weighted by molar-refractivity contribution is 1.39. The van der Waals surface area contributed by atoms with E-state index < -0.39 is 0 Å². The summed E-state index contributed by atoms with van der Waals surface area (Å²) >= 11 is 1.41. The van der Waals surface area contributed by atoms with Gasteiger partial charge in [-0.05, 0) is 6.92 Å². The fraction of sp³-hybridized carbons (Fsp3) is 0.250. The highest BCUT2D eigenvalue weighted by molar-refractivity contribution is 7.15. The molecule has 0 spiro atoms. The van der Waals surface area contributed by atoms with Gasteiger partial charge in [-0.25, -0.2) is 4.98 Å². The number of hydrogen-bond acceptors (Lipinski definition) is 4. The van der Waals surface area contributed by atoms with Crippen molar-refractivity contribution in [1.82, 2.24) is 4.98 Å². The molecule has 0 atom stereocenters. The zero-order valence-corrected chi connectivity index (χ0v) is 5.33. The SMILES string of the molecule is Cc1sc(N)nc1N. The smallest absolute Gasteiger partial charge is 0.182 e. The van der Waals surface area contributed by atoms with E-state index in [1.54, 1.807) is 0 Å². The van der Waals surface area contributed by atoms with Gasteiger partial charge >= 0.3 is 0 Å². The van der Waals surface area contributed by atoms with Crippen LogP contribution in [0.2, 0.25) is 0 Å². The minimum absolute atomic E-state index is 0.542. The number of anilines is 2. The molecule has 0 aliphatic carbocycles. The quantitative estimate of drug-likeness (QED) is 0.539. The summed E-state index contributed by atoms with van der Waals surface area (Å²) in [6, 6.07) is 0. The molecule has 0 radical (unpaired) electrons. The van der Waals surface area contributed by atoms with E-state index in [-0.39, 0.29) is 0 Å². The van der Waals surface area contributed by atoms with Crippen molar-refractivity contribution < 1.29 is 0 Å². The molecule has 0 unspecified atom stereocenters. The first-order valence-corrected chi connectivity index (χ1v) is 3.00. The molecule has 1 aromatic rings. The minimum atomic E-state index is 0.542. The summed E-state index contributed by atoms with van der Waals surface area (Å²) in [4.78, 5) is 4.77. The first kappa shape index (κ1) is 5.37. The summed E-state index contributed by atoms with van der Waals surface area (Å²) in [5, 5.41) is 0.542. The van der Waals surface area contributed by atoms with Gasteiger partial charge in [0.05, 0.1) is 0 Å². The van der Waals surface area contributed by atoms with Crippen molar-refractivity contribution in [2.75, 3.05) is 11.5 Å². The first-order valence-electron chi connectivity index (χ1n) is 2.18. The maximum atomic E-state index is 5.36. The summed E-state index contributed by atoms with van der Waals surface area (Å²) in [6.45, 7) is 1.89. The van der Waals surface area contributed by atoms with Crippen LogP contribution in [0.1, 0.15) is 4.88 Å². The van der Waals surface area contributed by atoms with Crippen molar-refractivity contribution in [3.05, 3.63) is 4.88 Å². The van der Waals surface area contributed by atoms with Crippen molar-refractivity contribution in [3.63, 3.8) is 0 Å². The van der Waals surface area contributed by atoms with Crippen molar-refractivity contribution in [1.29, 1.82) is 0 Å². The topological polar surface area (TPSA) is 64.9 Å². The Kier molecular flexibility index (Phi) is 1.09. The number of nitrogens with zero attached hydrogens (tertiary/aromatic N) is 1. The van der Waals surface area contributed by atoms with E-state index in [2.05, 4.69) is 4.98 Å². The van der Waals surface area contributed by atoms with E-state index in [0.29, 0.717) is 10.9 Å². The van der Waals surface area contributed by atoms with Gasteiger partial charge in [0, 0.05) is 4.88 Å². The number of thiazole rings is 1. The van der Waals surface area contributed by atoms with Crippen LogP contribution in [0.4, 0.5) is 10.9 Å². The fourth-order valence-corrected chi connectivity index (χ4v) is 1.04. The lowest BCUT2D eigenvalue weighted by atomic mass is 10.6. The number of nitrogen functional groups attached to an aromatic ring is 2. The first-order chi connectivity index (χ1) is 3.70. The monoisotopic (exact) mass is 129 g/mol. The number of hydrogen-bond donors (Lipinski definition) is 2. The summed E-state index contributed by atoms with van der Waals surface area (Å²) in [6.07, 6.45) is 0. The van der Waals surface area contributed by atoms with Gasteiger partial charge < -0.3 is 11.5 Å². The molecule has 0 fully saturated rings. The van der Waals surface area contributed by atoms with Gasteiger partial charge in [0.15, 0.2) is 5.13 Å². The van der Waals surface area contributed by atoms with Crippen LogP contribution in [0.25, 0.3) is 0 Å². The van der Waals surface area contributed by atoms with Crippen molar-refractivity contribution in [3.8, 4) is 0 Å². The Balaban J connectivity index is 3.14. The third kappa shape index (κ3) is 0.742. The van der Waals surface area contributed by atoms with Gasteiger partial charge in [-0.3, -0.25) is 0 Å². The molecule has 4 N–H and O–H groups in total. The Morgan fingerprint density at radius 3 is 2.25 bits per heavy atom. The molecule has 1 aromatic heterocycles. The second kappa shape index (κ2) is 1.63. The third-order valence-electron chi connectivity index (χ3n) is 0.849. The molecule has 1 heterocycles. The zero-order valence-electron chi connectivity index (χ0n) is 4.51. The molecule has 0 saturated heterocycles.